The van der Waals surface area contributed by atoms with E-state index in [2.05, 4.69) is 0 Å². The summed E-state index contributed by atoms with van der Waals surface area (Å²) in [6, 6.07) is 6.97. The molecule has 0 saturated carbocycles. The third-order valence-electron chi connectivity index (χ3n) is 2.75. The highest BCUT2D eigenvalue weighted by Crippen LogP contribution is 2.08. The molecule has 0 aliphatic heterocycles. The van der Waals surface area contributed by atoms with Crippen molar-refractivity contribution in [3.8, 4) is 0 Å². The first-order valence-corrected chi connectivity index (χ1v) is 7.22. The topological polar surface area (TPSA) is 86.7 Å². The third kappa shape index (κ3) is 7.31. The number of benzene rings is 1. The lowest BCUT2D eigenvalue weighted by atomic mass is 10.1. The van der Waals surface area contributed by atoms with Crippen molar-refractivity contribution < 1.29 is 28.7 Å². The predicted molar refractivity (Wildman–Crippen MR) is 87.7 cm³/mol. The molecular formula is C18H18O6. The number of hydrogen-bond donors (Lipinski definition) is 0. The maximum atomic E-state index is 11.4. The average molecular weight is 330 g/mol. The van der Waals surface area contributed by atoms with Crippen molar-refractivity contribution in [2.75, 3.05) is 0 Å². The average Bonchev–Trinajstić information content (AvgIpc) is 2.58. The van der Waals surface area contributed by atoms with Gasteiger partial charge in [-0.1, -0.05) is 24.3 Å². The molecule has 0 saturated heterocycles. The lowest BCUT2D eigenvalue weighted by Gasteiger charge is -2.03. The van der Waals surface area contributed by atoms with Gasteiger partial charge in [0.2, 0.25) is 0 Å². The molecule has 1 aromatic carbocycles. The molecule has 0 heterocycles. The summed E-state index contributed by atoms with van der Waals surface area (Å²) in [5.41, 5.74) is 1.50. The van der Waals surface area contributed by atoms with Crippen molar-refractivity contribution in [2.24, 2.45) is 0 Å². The Hall–Kier alpha value is -3.02. The number of rotatable bonds is 8. The quantitative estimate of drug-likeness (QED) is 0.411. The first kappa shape index (κ1) is 19.0. The number of carbonyl (C=O) groups excluding carboxylic acids is 4. The maximum absolute atomic E-state index is 11.4. The van der Waals surface area contributed by atoms with E-state index in [0.29, 0.717) is 12.6 Å². The fraction of sp³-hybridized carbons (Fsp3) is 0.222. The Morgan fingerprint density at radius 3 is 1.42 bits per heavy atom. The molecule has 126 valence electrons. The summed E-state index contributed by atoms with van der Waals surface area (Å²) in [7, 11) is 0. The third-order valence-corrected chi connectivity index (χ3v) is 2.75. The Balaban J connectivity index is 2.59. The molecule has 0 radical (unpaired) electrons. The van der Waals surface area contributed by atoms with E-state index < -0.39 is 24.1 Å². The number of ether oxygens (including phenoxy) is 2. The van der Waals surface area contributed by atoms with Gasteiger partial charge in [-0.2, -0.15) is 0 Å². The van der Waals surface area contributed by atoms with Gasteiger partial charge in [0, 0.05) is 12.2 Å². The van der Waals surface area contributed by atoms with Crippen LogP contribution in [0.5, 0.6) is 0 Å². The van der Waals surface area contributed by atoms with Crippen LogP contribution in [0.1, 0.15) is 25.0 Å². The second-order valence-electron chi connectivity index (χ2n) is 4.89. The highest BCUT2D eigenvalue weighted by Gasteiger charge is 2.05. The Morgan fingerprint density at radius 1 is 0.792 bits per heavy atom. The zero-order valence-corrected chi connectivity index (χ0v) is 13.4. The van der Waals surface area contributed by atoms with E-state index in [4.69, 9.17) is 9.47 Å². The highest BCUT2D eigenvalue weighted by molar-refractivity contribution is 5.89. The van der Waals surface area contributed by atoms with Gasteiger partial charge in [-0.05, 0) is 37.1 Å². The molecule has 0 aromatic heterocycles. The van der Waals surface area contributed by atoms with Gasteiger partial charge in [0.1, 0.15) is 0 Å². The van der Waals surface area contributed by atoms with Crippen molar-refractivity contribution in [1.82, 2.24) is 0 Å². The van der Waals surface area contributed by atoms with E-state index in [1.807, 2.05) is 0 Å². The van der Waals surface area contributed by atoms with Gasteiger partial charge < -0.3 is 9.47 Å². The minimum absolute atomic E-state index is 0.535. The van der Waals surface area contributed by atoms with Gasteiger partial charge in [-0.3, -0.25) is 9.59 Å². The first-order chi connectivity index (χ1) is 11.4. The normalized spacial score (nSPS) is 13.4. The van der Waals surface area contributed by atoms with Crippen LogP contribution in [0.15, 0.2) is 36.4 Å². The molecule has 1 rings (SSSR count). The van der Waals surface area contributed by atoms with Crippen LogP contribution < -0.4 is 0 Å². The van der Waals surface area contributed by atoms with Crippen molar-refractivity contribution in [1.29, 1.82) is 0 Å². The summed E-state index contributed by atoms with van der Waals surface area (Å²) in [4.78, 5) is 43.5. The molecule has 2 unspecified atom stereocenters. The molecule has 0 fully saturated rings. The maximum Gasteiger partial charge on any atom is 0.331 e. The Morgan fingerprint density at radius 2 is 1.12 bits per heavy atom. The van der Waals surface area contributed by atoms with Crippen LogP contribution in [-0.4, -0.2) is 36.7 Å². The van der Waals surface area contributed by atoms with Gasteiger partial charge in [0.25, 0.3) is 0 Å². The Labute approximate surface area is 139 Å². The van der Waals surface area contributed by atoms with Gasteiger partial charge in [-0.15, -0.1) is 0 Å². The number of carbonyl (C=O) groups is 4. The van der Waals surface area contributed by atoms with Gasteiger partial charge in [0.15, 0.2) is 24.8 Å². The van der Waals surface area contributed by atoms with Crippen LogP contribution >= 0.6 is 0 Å². The summed E-state index contributed by atoms with van der Waals surface area (Å²) >= 11 is 0. The lowest BCUT2D eigenvalue weighted by molar-refractivity contribution is -0.145. The molecule has 6 nitrogen and oxygen atoms in total. The summed E-state index contributed by atoms with van der Waals surface area (Å²) < 4.78 is 9.54. The van der Waals surface area contributed by atoms with Crippen molar-refractivity contribution in [2.45, 2.75) is 26.1 Å². The molecule has 24 heavy (non-hydrogen) atoms. The molecule has 6 heteroatoms. The Kier molecular flexibility index (Phi) is 7.84. The smallest absolute Gasteiger partial charge is 0.331 e. The van der Waals surface area contributed by atoms with E-state index in [1.165, 1.54) is 26.0 Å². The summed E-state index contributed by atoms with van der Waals surface area (Å²) in [5.74, 6) is -1.21. The van der Waals surface area contributed by atoms with E-state index in [9.17, 15) is 19.2 Å². The summed E-state index contributed by atoms with van der Waals surface area (Å²) in [6.45, 7) is 2.95. The molecule has 0 amide bonds. The van der Waals surface area contributed by atoms with Crippen molar-refractivity contribution in [3.05, 3.63) is 47.5 Å². The minimum atomic E-state index is -0.781. The number of aldehydes is 2. The van der Waals surface area contributed by atoms with E-state index >= 15 is 0 Å². The molecule has 0 aliphatic carbocycles. The summed E-state index contributed by atoms with van der Waals surface area (Å²) in [5, 5.41) is 0. The van der Waals surface area contributed by atoms with Crippen LogP contribution in [-0.2, 0) is 28.7 Å². The summed E-state index contributed by atoms with van der Waals surface area (Å²) in [6.07, 6.45) is 5.06. The highest BCUT2D eigenvalue weighted by atomic mass is 16.5. The van der Waals surface area contributed by atoms with E-state index in [-0.39, 0.29) is 0 Å². The van der Waals surface area contributed by atoms with Crippen LogP contribution in [0, 0.1) is 0 Å². The standard InChI is InChI=1S/C18H18O6/c1-13(11-19)23-17(21)9-7-15-3-5-16(6-4-15)8-10-18(22)24-14(2)12-20/h3-14H,1-2H3. The molecule has 2 atom stereocenters. The molecule has 1 aromatic rings. The second-order valence-corrected chi connectivity index (χ2v) is 4.89. The van der Waals surface area contributed by atoms with E-state index in [1.54, 1.807) is 36.4 Å². The first-order valence-electron chi connectivity index (χ1n) is 7.22. The number of hydrogen-bond acceptors (Lipinski definition) is 6. The van der Waals surface area contributed by atoms with Gasteiger partial charge in [0.05, 0.1) is 0 Å². The second kappa shape index (κ2) is 9.89. The van der Waals surface area contributed by atoms with Gasteiger partial charge in [-0.25, -0.2) is 9.59 Å². The van der Waals surface area contributed by atoms with Gasteiger partial charge >= 0.3 is 11.9 Å². The van der Waals surface area contributed by atoms with Crippen LogP contribution in [0.4, 0.5) is 0 Å². The predicted octanol–water partition coefficient (Wildman–Crippen LogP) is 1.97. The zero-order valence-electron chi connectivity index (χ0n) is 13.4. The minimum Gasteiger partial charge on any atom is -0.452 e. The SMILES string of the molecule is CC(C=O)OC(=O)C=Cc1ccc(C=CC(=O)OC(C)C=O)cc1. The fourth-order valence-electron chi connectivity index (χ4n) is 1.55. The molecule has 0 spiro atoms. The molecule has 0 aliphatic rings. The molecular weight excluding hydrogens is 312 g/mol. The van der Waals surface area contributed by atoms with E-state index in [0.717, 1.165) is 11.1 Å². The monoisotopic (exact) mass is 330 g/mol. The van der Waals surface area contributed by atoms with Crippen molar-refractivity contribution >= 4 is 36.7 Å². The zero-order chi connectivity index (χ0) is 17.9. The largest absolute Gasteiger partial charge is 0.452 e. The number of esters is 2. The fourth-order valence-corrected chi connectivity index (χ4v) is 1.55. The van der Waals surface area contributed by atoms with Crippen LogP contribution in [0.25, 0.3) is 12.2 Å². The molecule has 0 bridgehead atoms. The molecule has 0 N–H and O–H groups in total. The Bertz CT molecular complexity index is 585. The van der Waals surface area contributed by atoms with Crippen molar-refractivity contribution in [3.63, 3.8) is 0 Å². The lowest BCUT2D eigenvalue weighted by Crippen LogP contribution is -2.13. The van der Waals surface area contributed by atoms with Crippen LogP contribution in [0.2, 0.25) is 0 Å². The van der Waals surface area contributed by atoms with Crippen LogP contribution in [0.3, 0.4) is 0 Å².